The first-order valence-electron chi connectivity index (χ1n) is 16.7. The fraction of sp³-hybridized carbons (Fsp3) is 0.486. The number of likely N-dealkylation sites (tertiary alicyclic amines) is 2. The van der Waals surface area contributed by atoms with Crippen molar-refractivity contribution >= 4 is 40.7 Å². The molecule has 0 aliphatic carbocycles. The summed E-state index contributed by atoms with van der Waals surface area (Å²) >= 11 is 17.1. The largest absolute Gasteiger partial charge is 0.392 e. The monoisotopic (exact) mass is 699 g/mol. The summed E-state index contributed by atoms with van der Waals surface area (Å²) in [6, 6.07) is 24.9. The van der Waals surface area contributed by atoms with Crippen LogP contribution in [0.1, 0.15) is 67.3 Å². The van der Waals surface area contributed by atoms with Crippen LogP contribution >= 0.6 is 34.8 Å². The predicted molar refractivity (Wildman–Crippen MR) is 187 cm³/mol. The molecule has 1 amide bonds. The van der Waals surface area contributed by atoms with Crippen LogP contribution in [0, 0.1) is 5.92 Å². The lowest BCUT2D eigenvalue weighted by Gasteiger charge is -2.43. The normalized spacial score (nSPS) is 25.7. The van der Waals surface area contributed by atoms with E-state index >= 15 is 0 Å². The van der Waals surface area contributed by atoms with Crippen LogP contribution in [0.4, 0.5) is 0 Å². The van der Waals surface area contributed by atoms with E-state index in [0.717, 1.165) is 53.0 Å². The molecule has 0 radical (unpaired) electrons. The number of alkyl halides is 3. The Morgan fingerprint density at radius 3 is 2.30 bits per heavy atom. The molecule has 3 aromatic rings. The molecule has 3 heterocycles. The van der Waals surface area contributed by atoms with E-state index in [1.54, 1.807) is 0 Å². The third-order valence-corrected chi connectivity index (χ3v) is 10.4. The van der Waals surface area contributed by atoms with Crippen molar-refractivity contribution in [1.82, 2.24) is 15.1 Å². The van der Waals surface area contributed by atoms with Gasteiger partial charge < -0.3 is 24.8 Å². The van der Waals surface area contributed by atoms with Gasteiger partial charge in [-0.05, 0) is 79.2 Å². The molecular weight excluding hydrogens is 657 g/mol. The van der Waals surface area contributed by atoms with Gasteiger partial charge in [-0.1, -0.05) is 108 Å². The van der Waals surface area contributed by atoms with Gasteiger partial charge in [0.15, 0.2) is 6.29 Å². The first-order chi connectivity index (χ1) is 22.7. The Kier molecular flexibility index (Phi) is 11.5. The third kappa shape index (κ3) is 8.70. The molecule has 3 aliphatic rings. The first kappa shape index (κ1) is 34.7. The lowest BCUT2D eigenvalue weighted by atomic mass is 9.89. The number of aliphatic hydroxyl groups excluding tert-OH is 1. The van der Waals surface area contributed by atoms with Crippen LogP contribution in [0.2, 0.25) is 0 Å². The van der Waals surface area contributed by atoms with E-state index in [1.165, 1.54) is 38.8 Å². The van der Waals surface area contributed by atoms with Gasteiger partial charge in [-0.3, -0.25) is 9.69 Å². The van der Waals surface area contributed by atoms with Gasteiger partial charge in [0.2, 0.25) is 0 Å². The number of rotatable bonds is 10. The average Bonchev–Trinajstić information content (AvgIpc) is 3.77. The average molecular weight is 701 g/mol. The van der Waals surface area contributed by atoms with E-state index in [2.05, 4.69) is 58.4 Å². The van der Waals surface area contributed by atoms with E-state index in [4.69, 9.17) is 44.3 Å². The van der Waals surface area contributed by atoms with Gasteiger partial charge in [0.25, 0.3) is 9.70 Å². The Morgan fingerprint density at radius 1 is 0.872 bits per heavy atom. The van der Waals surface area contributed by atoms with Gasteiger partial charge in [0, 0.05) is 37.2 Å². The molecule has 3 saturated heterocycles. The number of nitrogens with zero attached hydrogens (tertiary/aromatic N) is 2. The van der Waals surface area contributed by atoms with Crippen molar-refractivity contribution in [2.45, 2.75) is 74.1 Å². The van der Waals surface area contributed by atoms with E-state index in [0.29, 0.717) is 6.04 Å². The van der Waals surface area contributed by atoms with Gasteiger partial charge in [0.1, 0.15) is 0 Å². The summed E-state index contributed by atoms with van der Waals surface area (Å²) in [6.07, 6.45) is 4.42. The van der Waals surface area contributed by atoms with E-state index in [9.17, 15) is 9.90 Å². The Labute approximate surface area is 293 Å². The van der Waals surface area contributed by atoms with E-state index < -0.39 is 16.0 Å². The number of amides is 1. The number of hydrogen-bond acceptors (Lipinski definition) is 6. The molecule has 3 aromatic carbocycles. The van der Waals surface area contributed by atoms with Crippen LogP contribution in [0.25, 0.3) is 11.1 Å². The number of nitrogens with one attached hydrogen (secondary N) is 1. The van der Waals surface area contributed by atoms with Gasteiger partial charge in [0.05, 0.1) is 18.8 Å². The molecule has 0 aromatic heterocycles. The summed E-state index contributed by atoms with van der Waals surface area (Å²) in [5.74, 6) is -0.518. The van der Waals surface area contributed by atoms with Crippen LogP contribution < -0.4 is 5.32 Å². The van der Waals surface area contributed by atoms with Gasteiger partial charge >= 0.3 is 0 Å². The maximum absolute atomic E-state index is 12.0. The SMILES string of the molecule is C[C@H]1[C@@H](CN2CCC[C@H]2CN2CCCC2)O[C@@H](c2ccc(-c3cccc(CNC(=O)C(Cl)(Cl)Cl)c3)cc2)O[C@H]1c1ccc(CO)cc1. The zero-order valence-corrected chi connectivity index (χ0v) is 29.1. The molecule has 0 bridgehead atoms. The molecule has 3 fully saturated rings. The summed E-state index contributed by atoms with van der Waals surface area (Å²) in [6.45, 7) is 8.07. The Morgan fingerprint density at radius 2 is 1.60 bits per heavy atom. The number of ether oxygens (including phenoxy) is 2. The topological polar surface area (TPSA) is 74.3 Å². The standard InChI is InChI=1S/C37H44Cl3N3O4/c1-25-33(23-43-19-5-8-32(43)22-42-17-2-3-18-42)46-35(47-34(25)29-11-9-26(24-44)10-12-29)30-15-13-28(14-16-30)31-7-4-6-27(20-31)21-41-36(45)37(38,39)40/h4,6-7,9-16,20,25,32-35,44H,2-3,5,8,17-19,21-24H2,1H3,(H,41,45)/t25-,32-,33+,34+,35+/m0/s1. The third-order valence-electron chi connectivity index (χ3n) is 9.86. The fourth-order valence-electron chi connectivity index (χ4n) is 7.14. The van der Waals surface area contributed by atoms with Crippen LogP contribution in [0.3, 0.4) is 0 Å². The van der Waals surface area contributed by atoms with Crippen molar-refractivity contribution in [2.24, 2.45) is 5.92 Å². The van der Waals surface area contributed by atoms with Gasteiger partial charge in [-0.2, -0.15) is 0 Å². The molecule has 47 heavy (non-hydrogen) atoms. The Bertz CT molecular complexity index is 1480. The molecule has 0 spiro atoms. The fourth-order valence-corrected chi connectivity index (χ4v) is 7.34. The Balaban J connectivity index is 1.19. The number of halogens is 3. The highest BCUT2D eigenvalue weighted by atomic mass is 35.6. The van der Waals surface area contributed by atoms with Crippen LogP contribution in [-0.2, 0) is 27.4 Å². The zero-order chi connectivity index (χ0) is 33.0. The minimum absolute atomic E-state index is 0.00490. The van der Waals surface area contributed by atoms with Gasteiger partial charge in [-0.15, -0.1) is 0 Å². The maximum Gasteiger partial charge on any atom is 0.272 e. The highest BCUT2D eigenvalue weighted by Crippen LogP contribution is 2.42. The maximum atomic E-state index is 12.0. The lowest BCUT2D eigenvalue weighted by molar-refractivity contribution is -0.276. The van der Waals surface area contributed by atoms with Crippen molar-refractivity contribution < 1.29 is 19.4 Å². The molecule has 7 nitrogen and oxygen atoms in total. The van der Waals surface area contributed by atoms with Crippen molar-refractivity contribution in [3.05, 3.63) is 95.1 Å². The molecular formula is C37H44Cl3N3O4. The minimum atomic E-state index is -2.00. The quantitative estimate of drug-likeness (QED) is 0.218. The smallest absolute Gasteiger partial charge is 0.272 e. The van der Waals surface area contributed by atoms with Crippen molar-refractivity contribution in [3.8, 4) is 11.1 Å². The molecule has 10 heteroatoms. The second kappa shape index (κ2) is 15.6. The number of aliphatic hydroxyl groups is 1. The minimum Gasteiger partial charge on any atom is -0.392 e. The molecule has 252 valence electrons. The van der Waals surface area contributed by atoms with Crippen molar-refractivity contribution in [1.29, 1.82) is 0 Å². The summed E-state index contributed by atoms with van der Waals surface area (Å²) in [5, 5.41) is 12.3. The van der Waals surface area contributed by atoms with Crippen LogP contribution in [-0.4, -0.2) is 69.5 Å². The summed E-state index contributed by atoms with van der Waals surface area (Å²) in [5.41, 5.74) is 5.87. The first-order valence-corrected chi connectivity index (χ1v) is 17.8. The van der Waals surface area contributed by atoms with E-state index in [1.807, 2.05) is 36.4 Å². The number of benzene rings is 3. The molecule has 3 aliphatic heterocycles. The second-order valence-electron chi connectivity index (χ2n) is 13.1. The zero-order valence-electron chi connectivity index (χ0n) is 26.8. The molecule has 0 saturated carbocycles. The highest BCUT2D eigenvalue weighted by molar-refractivity contribution is 6.76. The van der Waals surface area contributed by atoms with E-state index in [-0.39, 0.29) is 31.3 Å². The van der Waals surface area contributed by atoms with Gasteiger partial charge in [-0.25, -0.2) is 0 Å². The summed E-state index contributed by atoms with van der Waals surface area (Å²) in [4.78, 5) is 17.3. The Hall–Kier alpha value is -2.20. The molecule has 5 atom stereocenters. The second-order valence-corrected chi connectivity index (χ2v) is 15.4. The number of carbonyl (C=O) groups is 1. The van der Waals surface area contributed by atoms with Crippen molar-refractivity contribution in [2.75, 3.05) is 32.7 Å². The van der Waals surface area contributed by atoms with Crippen LogP contribution in [0.15, 0.2) is 72.8 Å². The lowest BCUT2D eigenvalue weighted by Crippen LogP contribution is -2.48. The highest BCUT2D eigenvalue weighted by Gasteiger charge is 2.41. The number of carbonyl (C=O) groups excluding carboxylic acids is 1. The molecule has 6 rings (SSSR count). The van der Waals surface area contributed by atoms with Crippen molar-refractivity contribution in [3.63, 3.8) is 0 Å². The van der Waals surface area contributed by atoms with Crippen LogP contribution in [0.5, 0.6) is 0 Å². The molecule has 0 unspecified atom stereocenters. The summed E-state index contributed by atoms with van der Waals surface area (Å²) in [7, 11) is 0. The predicted octanol–water partition coefficient (Wildman–Crippen LogP) is 7.18. The summed E-state index contributed by atoms with van der Waals surface area (Å²) < 4.78 is 11.6. The molecule has 2 N–H and O–H groups in total. The number of hydrogen-bond donors (Lipinski definition) is 2.